The van der Waals surface area contributed by atoms with Crippen LogP contribution in [-0.2, 0) is 4.79 Å². The number of amides is 1. The van der Waals surface area contributed by atoms with E-state index >= 15 is 4.39 Å². The van der Waals surface area contributed by atoms with Crippen LogP contribution in [0.2, 0.25) is 0 Å². The molecule has 0 spiro atoms. The molecule has 0 bridgehead atoms. The van der Waals surface area contributed by atoms with Crippen molar-refractivity contribution in [2.45, 2.75) is 39.2 Å². The molecule has 0 unspecified atom stereocenters. The van der Waals surface area contributed by atoms with E-state index in [9.17, 15) is 14.4 Å². The molecular formula is C24H25FN4O3S. The summed E-state index contributed by atoms with van der Waals surface area (Å²) in [6, 6.07) is 3.07. The summed E-state index contributed by atoms with van der Waals surface area (Å²) in [6.45, 7) is 3.82. The first-order valence-electron chi connectivity index (χ1n) is 10.8. The molecule has 33 heavy (non-hydrogen) atoms. The van der Waals surface area contributed by atoms with Gasteiger partial charge in [-0.15, -0.1) is 0 Å². The molecule has 0 saturated heterocycles. The maximum absolute atomic E-state index is 15.3. The third-order valence-corrected chi connectivity index (χ3v) is 6.39. The first-order chi connectivity index (χ1) is 15.8. The number of aromatic nitrogens is 2. The van der Waals surface area contributed by atoms with E-state index in [1.54, 1.807) is 37.3 Å². The molecule has 2 aromatic heterocycles. The van der Waals surface area contributed by atoms with Crippen molar-refractivity contribution in [3.05, 3.63) is 74.1 Å². The summed E-state index contributed by atoms with van der Waals surface area (Å²) >= 11 is 1.13. The average Bonchev–Trinajstić information content (AvgIpc) is 3.53. The minimum atomic E-state index is -0.560. The number of carbonyl (C=O) groups is 1. The van der Waals surface area contributed by atoms with Gasteiger partial charge in [0.1, 0.15) is 16.0 Å². The highest BCUT2D eigenvalue weighted by atomic mass is 32.1. The van der Waals surface area contributed by atoms with E-state index < -0.39 is 16.8 Å². The zero-order chi connectivity index (χ0) is 23.7. The number of carbonyl (C=O) groups excluding carboxylic acids is 1. The molecule has 1 saturated carbocycles. The predicted octanol–water partition coefficient (Wildman–Crippen LogP) is 3.71. The van der Waals surface area contributed by atoms with Gasteiger partial charge in [-0.05, 0) is 62.0 Å². The molecule has 0 radical (unpaired) electrons. The van der Waals surface area contributed by atoms with E-state index in [0.29, 0.717) is 27.2 Å². The molecule has 4 N–H and O–H groups in total. The number of H-pyrrole nitrogens is 1. The predicted molar refractivity (Wildman–Crippen MR) is 131 cm³/mol. The van der Waals surface area contributed by atoms with E-state index in [1.807, 2.05) is 11.5 Å². The monoisotopic (exact) mass is 468 g/mol. The summed E-state index contributed by atoms with van der Waals surface area (Å²) < 4.78 is 19.9. The Balaban J connectivity index is 1.89. The summed E-state index contributed by atoms with van der Waals surface area (Å²) in [4.78, 5) is 37.6. The van der Waals surface area contributed by atoms with Crippen molar-refractivity contribution in [1.29, 1.82) is 0 Å². The van der Waals surface area contributed by atoms with Crippen LogP contribution >= 0.6 is 11.5 Å². The van der Waals surface area contributed by atoms with Crippen LogP contribution in [0.5, 0.6) is 0 Å². The van der Waals surface area contributed by atoms with Gasteiger partial charge in [-0.25, -0.2) is 4.39 Å². The normalized spacial score (nSPS) is 15.2. The molecule has 3 aromatic rings. The zero-order valence-corrected chi connectivity index (χ0v) is 19.2. The largest absolute Gasteiger partial charge is 0.330 e. The van der Waals surface area contributed by atoms with Crippen LogP contribution in [0.1, 0.15) is 44.7 Å². The lowest BCUT2D eigenvalue weighted by atomic mass is 10.0. The maximum Gasteiger partial charge on any atom is 0.271 e. The summed E-state index contributed by atoms with van der Waals surface area (Å²) in [6.07, 6.45) is 9.07. The minimum Gasteiger partial charge on any atom is -0.330 e. The lowest BCUT2D eigenvalue weighted by molar-refractivity contribution is -0.120. The van der Waals surface area contributed by atoms with Gasteiger partial charge in [0.2, 0.25) is 11.3 Å². The molecule has 9 heteroatoms. The summed E-state index contributed by atoms with van der Waals surface area (Å²) in [7, 11) is 0. The van der Waals surface area contributed by atoms with Crippen molar-refractivity contribution in [1.82, 2.24) is 14.3 Å². The van der Waals surface area contributed by atoms with Gasteiger partial charge in [0, 0.05) is 35.7 Å². The molecule has 172 valence electrons. The molecule has 0 atom stereocenters. The van der Waals surface area contributed by atoms with Crippen molar-refractivity contribution >= 4 is 44.1 Å². The number of halogens is 1. The topological polar surface area (TPSA) is 110 Å². The Bertz CT molecular complexity index is 1450. The standard InChI is InChI=1S/C24H25FN4O3S/c1-3-4-14(6-5-13(2)27-20(30)9-10-26)16-12-19-17(11-18(16)25)22(31)21-23(32)28-33-24(21)29(19)15-7-8-15/h3-6,11-12,15H,7-10,26H2,1-2H3,(H,27,30)(H,28,32)/b4-3-,13-5+,14-6+. The number of fused-ring (bicyclic) bond motifs is 2. The highest BCUT2D eigenvalue weighted by Crippen LogP contribution is 2.40. The number of nitrogens with two attached hydrogens (primary N) is 1. The fraction of sp³-hybridized carbons (Fsp3) is 0.292. The summed E-state index contributed by atoms with van der Waals surface area (Å²) in [5.41, 5.74) is 6.63. The van der Waals surface area contributed by atoms with E-state index in [4.69, 9.17) is 5.73 Å². The number of hydrogen-bond donors (Lipinski definition) is 3. The molecule has 1 aliphatic rings. The molecule has 1 amide bonds. The Hall–Kier alpha value is -3.30. The smallest absolute Gasteiger partial charge is 0.271 e. The highest BCUT2D eigenvalue weighted by Gasteiger charge is 2.29. The van der Waals surface area contributed by atoms with Gasteiger partial charge in [0.15, 0.2) is 0 Å². The number of allylic oxidation sites excluding steroid dienone is 6. The van der Waals surface area contributed by atoms with E-state index in [-0.39, 0.29) is 35.7 Å². The Kier molecular flexibility index (Phi) is 6.44. The molecule has 1 aliphatic carbocycles. The second-order valence-electron chi connectivity index (χ2n) is 8.05. The van der Waals surface area contributed by atoms with E-state index in [0.717, 1.165) is 24.4 Å². The van der Waals surface area contributed by atoms with E-state index in [1.165, 1.54) is 6.07 Å². The zero-order valence-electron chi connectivity index (χ0n) is 18.4. The molecule has 2 heterocycles. The van der Waals surface area contributed by atoms with Crippen molar-refractivity contribution in [2.75, 3.05) is 6.54 Å². The van der Waals surface area contributed by atoms with Crippen LogP contribution in [0.4, 0.5) is 4.39 Å². The quantitative estimate of drug-likeness (QED) is 0.459. The highest BCUT2D eigenvalue weighted by molar-refractivity contribution is 7.12. The van der Waals surface area contributed by atoms with Gasteiger partial charge in [-0.1, -0.05) is 18.2 Å². The molecule has 1 fully saturated rings. The van der Waals surface area contributed by atoms with E-state index in [2.05, 4.69) is 9.69 Å². The number of benzene rings is 1. The molecular weight excluding hydrogens is 443 g/mol. The van der Waals surface area contributed by atoms with Crippen LogP contribution < -0.4 is 22.0 Å². The average molecular weight is 469 g/mol. The van der Waals surface area contributed by atoms with Crippen molar-refractivity contribution in [3.8, 4) is 0 Å². The van der Waals surface area contributed by atoms with Crippen molar-refractivity contribution in [3.63, 3.8) is 0 Å². The number of aromatic amines is 1. The number of pyridine rings is 1. The Labute approximate surface area is 193 Å². The third-order valence-electron chi connectivity index (χ3n) is 5.51. The van der Waals surface area contributed by atoms with Gasteiger partial charge in [-0.3, -0.25) is 18.8 Å². The van der Waals surface area contributed by atoms with Gasteiger partial charge in [0.25, 0.3) is 5.56 Å². The van der Waals surface area contributed by atoms with Gasteiger partial charge in [-0.2, -0.15) is 0 Å². The molecule has 4 rings (SSSR count). The first-order valence-corrected chi connectivity index (χ1v) is 11.6. The minimum absolute atomic E-state index is 0.0857. The Morgan fingerprint density at radius 1 is 1.33 bits per heavy atom. The van der Waals surface area contributed by atoms with Gasteiger partial charge in [0.05, 0.1) is 5.52 Å². The number of nitrogens with one attached hydrogen (secondary N) is 2. The SMILES string of the molecule is C\C=C/C(=C\C=C(/C)NC(=O)CCN)c1cc2c(cc1F)c(=O)c1c(=O)[nH]sc1n2C1CC1. The van der Waals surface area contributed by atoms with Crippen LogP contribution in [0, 0.1) is 5.82 Å². The molecule has 7 nitrogen and oxygen atoms in total. The molecule has 0 aliphatic heterocycles. The van der Waals surface area contributed by atoms with Crippen LogP contribution in [0.25, 0.3) is 26.7 Å². The third kappa shape index (κ3) is 4.46. The van der Waals surface area contributed by atoms with Gasteiger partial charge < -0.3 is 15.6 Å². The maximum atomic E-state index is 15.3. The summed E-state index contributed by atoms with van der Waals surface area (Å²) in [5.74, 6) is -0.748. The molecule has 1 aromatic carbocycles. The summed E-state index contributed by atoms with van der Waals surface area (Å²) in [5, 5.41) is 3.02. The van der Waals surface area contributed by atoms with Crippen LogP contribution in [0.3, 0.4) is 0 Å². The fourth-order valence-electron chi connectivity index (χ4n) is 3.85. The van der Waals surface area contributed by atoms with Crippen molar-refractivity contribution in [2.24, 2.45) is 5.73 Å². The Morgan fingerprint density at radius 3 is 2.76 bits per heavy atom. The number of hydrogen-bond acceptors (Lipinski definition) is 5. The lowest BCUT2D eigenvalue weighted by Gasteiger charge is -2.14. The second kappa shape index (κ2) is 9.29. The fourth-order valence-corrected chi connectivity index (χ4v) is 4.78. The van der Waals surface area contributed by atoms with Crippen molar-refractivity contribution < 1.29 is 9.18 Å². The van der Waals surface area contributed by atoms with Crippen LogP contribution in [-0.4, -0.2) is 21.4 Å². The number of rotatable bonds is 7. The second-order valence-corrected chi connectivity index (χ2v) is 8.85. The lowest BCUT2D eigenvalue weighted by Crippen LogP contribution is -2.23. The van der Waals surface area contributed by atoms with Crippen LogP contribution in [0.15, 0.2) is 51.7 Å². The Morgan fingerprint density at radius 2 is 2.09 bits per heavy atom. The number of nitrogens with zero attached hydrogens (tertiary/aromatic N) is 1. The first kappa shape index (κ1) is 22.9. The van der Waals surface area contributed by atoms with Gasteiger partial charge >= 0.3 is 0 Å².